The molecule has 0 radical (unpaired) electrons. The van der Waals surface area contributed by atoms with Crippen molar-refractivity contribution in [2.24, 2.45) is 5.92 Å². The topological polar surface area (TPSA) is 32.3 Å². The third kappa shape index (κ3) is 3.97. The molecule has 0 unspecified atom stereocenters. The van der Waals surface area contributed by atoms with E-state index in [9.17, 15) is 4.79 Å². The molecule has 1 N–H and O–H groups in total. The van der Waals surface area contributed by atoms with E-state index in [0.29, 0.717) is 24.5 Å². The van der Waals surface area contributed by atoms with E-state index >= 15 is 0 Å². The Morgan fingerprint density at radius 2 is 1.55 bits per heavy atom. The van der Waals surface area contributed by atoms with Crippen molar-refractivity contribution in [3.63, 3.8) is 0 Å². The molecule has 0 aliphatic heterocycles. The first kappa shape index (κ1) is 14.4. The predicted molar refractivity (Wildman–Crippen MR) is 81.6 cm³/mol. The number of nitrogens with zero attached hydrogens (tertiary/aromatic N) is 1. The fourth-order valence-electron chi connectivity index (χ4n) is 3.95. The van der Waals surface area contributed by atoms with Crippen LogP contribution in [-0.4, -0.2) is 36.0 Å². The molecule has 0 saturated heterocycles. The molecular weight excluding hydrogens is 248 g/mol. The van der Waals surface area contributed by atoms with Crippen molar-refractivity contribution < 1.29 is 4.79 Å². The molecule has 0 heterocycles. The van der Waals surface area contributed by atoms with Gasteiger partial charge in [0.1, 0.15) is 0 Å². The summed E-state index contributed by atoms with van der Waals surface area (Å²) < 4.78 is 0. The minimum absolute atomic E-state index is 0.366. The summed E-state index contributed by atoms with van der Waals surface area (Å²) in [6.45, 7) is 1.61. The predicted octanol–water partition coefficient (Wildman–Crippen LogP) is 3.09. The summed E-state index contributed by atoms with van der Waals surface area (Å²) >= 11 is 0. The second-order valence-corrected chi connectivity index (χ2v) is 7.14. The van der Waals surface area contributed by atoms with E-state index < -0.39 is 0 Å². The Morgan fingerprint density at radius 1 is 0.900 bits per heavy atom. The normalized spacial score (nSPS) is 25.0. The summed E-state index contributed by atoms with van der Waals surface area (Å²) in [5.41, 5.74) is 0. The van der Waals surface area contributed by atoms with Gasteiger partial charge in [0, 0.05) is 18.6 Å². The highest BCUT2D eigenvalue weighted by Gasteiger charge is 2.34. The van der Waals surface area contributed by atoms with Gasteiger partial charge in [0.05, 0.1) is 6.54 Å². The quantitative estimate of drug-likeness (QED) is 0.810. The monoisotopic (exact) mass is 278 g/mol. The molecule has 1 amide bonds. The standard InChI is InChI=1S/C17H30N2O/c20-17(12-18-15-8-4-5-9-15)19(16-10-11-16)13-14-6-2-1-3-7-14/h14-16,18H,1-13H2. The van der Waals surface area contributed by atoms with Crippen LogP contribution in [0.5, 0.6) is 0 Å². The van der Waals surface area contributed by atoms with Crippen LogP contribution in [0.3, 0.4) is 0 Å². The van der Waals surface area contributed by atoms with Gasteiger partial charge < -0.3 is 10.2 Å². The second-order valence-electron chi connectivity index (χ2n) is 7.14. The molecule has 3 fully saturated rings. The fraction of sp³-hybridized carbons (Fsp3) is 0.941. The van der Waals surface area contributed by atoms with Gasteiger partial charge in [-0.05, 0) is 44.4 Å². The molecule has 0 bridgehead atoms. The summed E-state index contributed by atoms with van der Waals surface area (Å²) in [4.78, 5) is 14.7. The van der Waals surface area contributed by atoms with Crippen LogP contribution in [-0.2, 0) is 4.79 Å². The van der Waals surface area contributed by atoms with Crippen LogP contribution in [0.2, 0.25) is 0 Å². The van der Waals surface area contributed by atoms with Crippen LogP contribution < -0.4 is 5.32 Å². The zero-order chi connectivity index (χ0) is 13.8. The molecule has 0 aromatic rings. The van der Waals surface area contributed by atoms with Crippen LogP contribution >= 0.6 is 0 Å². The number of carbonyl (C=O) groups is 1. The van der Waals surface area contributed by atoms with Gasteiger partial charge in [-0.3, -0.25) is 4.79 Å². The van der Waals surface area contributed by atoms with Gasteiger partial charge in [-0.25, -0.2) is 0 Å². The third-order valence-corrected chi connectivity index (χ3v) is 5.38. The highest BCUT2D eigenvalue weighted by Crippen LogP contribution is 2.31. The van der Waals surface area contributed by atoms with Crippen molar-refractivity contribution in [2.45, 2.75) is 82.7 Å². The molecule has 114 valence electrons. The van der Waals surface area contributed by atoms with Gasteiger partial charge in [0.25, 0.3) is 0 Å². The van der Waals surface area contributed by atoms with Gasteiger partial charge in [0.2, 0.25) is 5.91 Å². The van der Waals surface area contributed by atoms with Crippen LogP contribution in [0.4, 0.5) is 0 Å². The lowest BCUT2D eigenvalue weighted by atomic mass is 9.89. The zero-order valence-electron chi connectivity index (χ0n) is 12.8. The summed E-state index contributed by atoms with van der Waals surface area (Å²) in [6.07, 6.45) is 14.5. The van der Waals surface area contributed by atoms with E-state index in [1.165, 1.54) is 70.6 Å². The SMILES string of the molecule is O=C(CNC1CCCC1)N(CC1CCCCC1)C1CC1. The summed E-state index contributed by atoms with van der Waals surface area (Å²) in [5.74, 6) is 1.14. The summed E-state index contributed by atoms with van der Waals surface area (Å²) in [5, 5.41) is 3.49. The molecule has 3 saturated carbocycles. The van der Waals surface area contributed by atoms with Crippen LogP contribution in [0.1, 0.15) is 70.6 Å². The van der Waals surface area contributed by atoms with Crippen LogP contribution in [0.15, 0.2) is 0 Å². The number of hydrogen-bond donors (Lipinski definition) is 1. The van der Waals surface area contributed by atoms with E-state index in [2.05, 4.69) is 10.2 Å². The van der Waals surface area contributed by atoms with E-state index in [4.69, 9.17) is 0 Å². The van der Waals surface area contributed by atoms with Gasteiger partial charge in [-0.2, -0.15) is 0 Å². The third-order valence-electron chi connectivity index (χ3n) is 5.38. The highest BCUT2D eigenvalue weighted by atomic mass is 16.2. The second kappa shape index (κ2) is 6.93. The van der Waals surface area contributed by atoms with Gasteiger partial charge >= 0.3 is 0 Å². The Morgan fingerprint density at radius 3 is 2.20 bits per heavy atom. The number of hydrogen-bond acceptors (Lipinski definition) is 2. The Labute approximate surface area is 123 Å². The lowest BCUT2D eigenvalue weighted by molar-refractivity contribution is -0.131. The molecule has 3 aliphatic rings. The van der Waals surface area contributed by atoms with Gasteiger partial charge in [-0.15, -0.1) is 0 Å². The van der Waals surface area contributed by atoms with Crippen molar-refractivity contribution in [3.05, 3.63) is 0 Å². The molecule has 0 aromatic heterocycles. The maximum atomic E-state index is 12.5. The molecule has 0 atom stereocenters. The molecule has 3 heteroatoms. The highest BCUT2D eigenvalue weighted by molar-refractivity contribution is 5.79. The number of amides is 1. The van der Waals surface area contributed by atoms with Crippen LogP contribution in [0, 0.1) is 5.92 Å². The van der Waals surface area contributed by atoms with Crippen LogP contribution in [0.25, 0.3) is 0 Å². The first-order chi connectivity index (χ1) is 9.83. The Hall–Kier alpha value is -0.570. The lowest BCUT2D eigenvalue weighted by Crippen LogP contribution is -2.44. The number of carbonyl (C=O) groups excluding carboxylic acids is 1. The van der Waals surface area contributed by atoms with Crippen molar-refractivity contribution in [2.75, 3.05) is 13.1 Å². The van der Waals surface area contributed by atoms with Crippen molar-refractivity contribution in [1.29, 1.82) is 0 Å². The van der Waals surface area contributed by atoms with Crippen molar-refractivity contribution in [1.82, 2.24) is 10.2 Å². The number of nitrogens with one attached hydrogen (secondary N) is 1. The first-order valence-corrected chi connectivity index (χ1v) is 8.86. The van der Waals surface area contributed by atoms with Gasteiger partial charge in [-0.1, -0.05) is 32.1 Å². The van der Waals surface area contributed by atoms with Crippen molar-refractivity contribution in [3.8, 4) is 0 Å². The Balaban J connectivity index is 1.46. The molecular formula is C17H30N2O. The smallest absolute Gasteiger partial charge is 0.236 e. The van der Waals surface area contributed by atoms with Gasteiger partial charge in [0.15, 0.2) is 0 Å². The lowest BCUT2D eigenvalue weighted by Gasteiger charge is -2.30. The summed E-state index contributed by atoms with van der Waals surface area (Å²) in [6, 6.07) is 1.18. The average Bonchev–Trinajstić information content (AvgIpc) is 3.19. The molecule has 3 aliphatic carbocycles. The molecule has 0 aromatic carbocycles. The molecule has 0 spiro atoms. The van der Waals surface area contributed by atoms with Crippen molar-refractivity contribution >= 4 is 5.91 Å². The molecule has 3 rings (SSSR count). The fourth-order valence-corrected chi connectivity index (χ4v) is 3.95. The molecule has 3 nitrogen and oxygen atoms in total. The Kier molecular flexibility index (Phi) is 4.98. The first-order valence-electron chi connectivity index (χ1n) is 8.86. The van der Waals surface area contributed by atoms with E-state index in [0.717, 1.165) is 12.5 Å². The van der Waals surface area contributed by atoms with E-state index in [1.807, 2.05) is 0 Å². The molecule has 20 heavy (non-hydrogen) atoms. The maximum absolute atomic E-state index is 12.5. The number of rotatable bonds is 6. The Bertz CT molecular complexity index is 315. The average molecular weight is 278 g/mol. The summed E-state index contributed by atoms with van der Waals surface area (Å²) in [7, 11) is 0. The van der Waals surface area contributed by atoms with E-state index in [-0.39, 0.29) is 0 Å². The minimum Gasteiger partial charge on any atom is -0.338 e. The maximum Gasteiger partial charge on any atom is 0.236 e. The minimum atomic E-state index is 0.366. The van der Waals surface area contributed by atoms with E-state index in [1.54, 1.807) is 0 Å². The zero-order valence-corrected chi connectivity index (χ0v) is 12.8. The largest absolute Gasteiger partial charge is 0.338 e.